The molecule has 2 aromatic rings. The number of halogens is 2. The Bertz CT molecular complexity index is 669. The second-order valence-corrected chi connectivity index (χ2v) is 5.23. The van der Waals surface area contributed by atoms with E-state index in [1.54, 1.807) is 0 Å². The maximum Gasteiger partial charge on any atom is 0.241 e. The summed E-state index contributed by atoms with van der Waals surface area (Å²) in [5.41, 5.74) is 0.349. The lowest BCUT2D eigenvalue weighted by Gasteiger charge is -2.01. The topological polar surface area (TPSA) is 78.0 Å². The normalized spacial score (nSPS) is 11.7. The van der Waals surface area contributed by atoms with Crippen LogP contribution in [0, 0.1) is 5.82 Å². The van der Waals surface area contributed by atoms with E-state index in [1.807, 2.05) is 0 Å². The number of aromatic nitrogens is 2. The van der Waals surface area contributed by atoms with E-state index in [2.05, 4.69) is 5.10 Å². The second kappa shape index (κ2) is 4.10. The van der Waals surface area contributed by atoms with Gasteiger partial charge in [0, 0.05) is 6.07 Å². The predicted molar refractivity (Wildman–Crippen MR) is 59.9 cm³/mol. The van der Waals surface area contributed by atoms with E-state index in [0.29, 0.717) is 5.69 Å². The van der Waals surface area contributed by atoms with Crippen molar-refractivity contribution in [2.75, 3.05) is 0 Å². The molecule has 0 fully saturated rings. The molecule has 1 heterocycles. The smallest absolute Gasteiger partial charge is 0.239 e. The average molecular weight is 276 g/mol. The summed E-state index contributed by atoms with van der Waals surface area (Å²) in [4.78, 5) is -0.146. The fourth-order valence-corrected chi connectivity index (χ4v) is 1.78. The van der Waals surface area contributed by atoms with E-state index in [0.717, 1.165) is 12.3 Å². The first-order chi connectivity index (χ1) is 7.88. The van der Waals surface area contributed by atoms with Crippen molar-refractivity contribution in [3.63, 3.8) is 0 Å². The molecule has 8 heteroatoms. The first kappa shape index (κ1) is 12.0. The monoisotopic (exact) mass is 275 g/mol. The number of rotatable bonds is 2. The molecular formula is C9H7ClFN3O2S. The Balaban J connectivity index is 2.47. The zero-order chi connectivity index (χ0) is 12.6. The van der Waals surface area contributed by atoms with Crippen molar-refractivity contribution in [2.45, 2.75) is 4.90 Å². The molecule has 5 nitrogen and oxygen atoms in total. The fraction of sp³-hybridized carbons (Fsp3) is 0. The largest absolute Gasteiger partial charge is 0.241 e. The van der Waals surface area contributed by atoms with E-state index in [1.165, 1.54) is 23.0 Å². The highest BCUT2D eigenvalue weighted by atomic mass is 35.5. The molecule has 2 N–H and O–H groups in total. The number of primary sulfonamides is 1. The van der Waals surface area contributed by atoms with E-state index in [9.17, 15) is 12.8 Å². The van der Waals surface area contributed by atoms with Crippen LogP contribution in [0.2, 0.25) is 5.02 Å². The molecular weight excluding hydrogens is 269 g/mol. The van der Waals surface area contributed by atoms with Crippen LogP contribution in [0.4, 0.5) is 4.39 Å². The summed E-state index contributed by atoms with van der Waals surface area (Å²) in [6.07, 6.45) is 2.28. The lowest BCUT2D eigenvalue weighted by atomic mass is 10.3. The standard InChI is InChI=1S/C9H7ClFN3O2S/c10-8-2-1-6(3-9(8)11)14-5-7(4-13-14)17(12,15)16/h1-5H,(H2,12,15,16). The average Bonchev–Trinajstić information content (AvgIpc) is 2.70. The molecule has 17 heavy (non-hydrogen) atoms. The molecule has 1 aromatic carbocycles. The predicted octanol–water partition coefficient (Wildman–Crippen LogP) is 1.31. The number of nitrogens with zero attached hydrogens (tertiary/aromatic N) is 2. The highest BCUT2D eigenvalue weighted by Gasteiger charge is 2.12. The molecule has 90 valence electrons. The van der Waals surface area contributed by atoms with Crippen LogP contribution in [0.15, 0.2) is 35.5 Å². The van der Waals surface area contributed by atoms with Gasteiger partial charge in [-0.25, -0.2) is 22.6 Å². The van der Waals surface area contributed by atoms with Gasteiger partial charge in [-0.2, -0.15) is 5.10 Å². The molecule has 0 spiro atoms. The molecule has 0 unspecified atom stereocenters. The summed E-state index contributed by atoms with van der Waals surface area (Å²) in [6, 6.07) is 4.00. The lowest BCUT2D eigenvalue weighted by molar-refractivity contribution is 0.598. The summed E-state index contributed by atoms with van der Waals surface area (Å²) in [5, 5.41) is 8.68. The third kappa shape index (κ3) is 2.46. The number of hydrogen-bond donors (Lipinski definition) is 1. The maximum atomic E-state index is 13.2. The molecule has 0 amide bonds. The highest BCUT2D eigenvalue weighted by Crippen LogP contribution is 2.18. The summed E-state index contributed by atoms with van der Waals surface area (Å²) in [5.74, 6) is -0.614. The molecule has 1 aromatic heterocycles. The number of hydrogen-bond acceptors (Lipinski definition) is 3. The van der Waals surface area contributed by atoms with Gasteiger partial charge in [-0.05, 0) is 12.1 Å². The van der Waals surface area contributed by atoms with Crippen molar-refractivity contribution >= 4 is 21.6 Å². The Morgan fingerprint density at radius 1 is 1.41 bits per heavy atom. The molecule has 0 radical (unpaired) electrons. The van der Waals surface area contributed by atoms with Gasteiger partial charge in [0.05, 0.1) is 23.1 Å². The SMILES string of the molecule is NS(=O)(=O)c1cnn(-c2ccc(Cl)c(F)c2)c1. The Labute approximate surface area is 102 Å². The third-order valence-electron chi connectivity index (χ3n) is 2.06. The van der Waals surface area contributed by atoms with Crippen LogP contribution in [0.25, 0.3) is 5.69 Å². The Morgan fingerprint density at radius 2 is 2.12 bits per heavy atom. The van der Waals surface area contributed by atoms with Gasteiger partial charge in [0.1, 0.15) is 10.7 Å². The van der Waals surface area contributed by atoms with Gasteiger partial charge >= 0.3 is 0 Å². The number of nitrogens with two attached hydrogens (primary N) is 1. The molecule has 0 saturated carbocycles. The van der Waals surface area contributed by atoms with Crippen molar-refractivity contribution in [3.05, 3.63) is 41.4 Å². The molecule has 0 saturated heterocycles. The first-order valence-electron chi connectivity index (χ1n) is 4.41. The Kier molecular flexibility index (Phi) is 2.90. The molecule has 0 atom stereocenters. The van der Waals surface area contributed by atoms with Crippen LogP contribution in [0.3, 0.4) is 0 Å². The van der Waals surface area contributed by atoms with Crippen molar-refractivity contribution in [2.24, 2.45) is 5.14 Å². The summed E-state index contributed by atoms with van der Waals surface area (Å²) in [7, 11) is -3.81. The molecule has 2 rings (SSSR count). The zero-order valence-electron chi connectivity index (χ0n) is 8.34. The van der Waals surface area contributed by atoms with Crippen LogP contribution in [-0.4, -0.2) is 18.2 Å². The van der Waals surface area contributed by atoms with Gasteiger partial charge in [-0.1, -0.05) is 11.6 Å². The Hall–Kier alpha value is -1.44. The minimum absolute atomic E-state index is 0.0208. The lowest BCUT2D eigenvalue weighted by Crippen LogP contribution is -2.11. The van der Waals surface area contributed by atoms with Crippen molar-refractivity contribution in [1.29, 1.82) is 0 Å². The molecule has 0 aliphatic rings. The second-order valence-electron chi connectivity index (χ2n) is 3.26. The van der Waals surface area contributed by atoms with Crippen LogP contribution in [0.1, 0.15) is 0 Å². The summed E-state index contributed by atoms with van der Waals surface area (Å²) >= 11 is 5.53. The summed E-state index contributed by atoms with van der Waals surface area (Å²) in [6.45, 7) is 0. The quantitative estimate of drug-likeness (QED) is 0.898. The van der Waals surface area contributed by atoms with E-state index < -0.39 is 15.8 Å². The van der Waals surface area contributed by atoms with Gasteiger partial charge in [0.25, 0.3) is 0 Å². The molecule has 0 aliphatic carbocycles. The van der Waals surface area contributed by atoms with Gasteiger partial charge in [0.2, 0.25) is 10.0 Å². The van der Waals surface area contributed by atoms with Crippen LogP contribution >= 0.6 is 11.6 Å². The molecule has 0 aliphatic heterocycles. The summed E-state index contributed by atoms with van der Waals surface area (Å²) < 4.78 is 36.4. The van der Waals surface area contributed by atoms with Crippen LogP contribution in [-0.2, 0) is 10.0 Å². The van der Waals surface area contributed by atoms with Crippen molar-refractivity contribution in [3.8, 4) is 5.69 Å². The fourth-order valence-electron chi connectivity index (χ4n) is 1.22. The maximum absolute atomic E-state index is 13.2. The minimum Gasteiger partial charge on any atom is -0.239 e. The van der Waals surface area contributed by atoms with E-state index >= 15 is 0 Å². The molecule has 0 bridgehead atoms. The highest BCUT2D eigenvalue weighted by molar-refractivity contribution is 7.89. The third-order valence-corrected chi connectivity index (χ3v) is 3.23. The first-order valence-corrected chi connectivity index (χ1v) is 6.33. The van der Waals surface area contributed by atoms with Crippen molar-refractivity contribution in [1.82, 2.24) is 9.78 Å². The number of benzene rings is 1. The Morgan fingerprint density at radius 3 is 2.65 bits per heavy atom. The van der Waals surface area contributed by atoms with Gasteiger partial charge in [-0.15, -0.1) is 0 Å². The van der Waals surface area contributed by atoms with Gasteiger partial charge in [-0.3, -0.25) is 0 Å². The van der Waals surface area contributed by atoms with Crippen LogP contribution < -0.4 is 5.14 Å². The van der Waals surface area contributed by atoms with E-state index in [4.69, 9.17) is 16.7 Å². The van der Waals surface area contributed by atoms with Crippen molar-refractivity contribution < 1.29 is 12.8 Å². The van der Waals surface area contributed by atoms with Gasteiger partial charge in [0.15, 0.2) is 0 Å². The minimum atomic E-state index is -3.81. The van der Waals surface area contributed by atoms with E-state index in [-0.39, 0.29) is 9.92 Å². The van der Waals surface area contributed by atoms with Gasteiger partial charge < -0.3 is 0 Å². The number of sulfonamides is 1. The zero-order valence-corrected chi connectivity index (χ0v) is 9.91. The van der Waals surface area contributed by atoms with Crippen LogP contribution in [0.5, 0.6) is 0 Å².